The number of halogens is 1. The summed E-state index contributed by atoms with van der Waals surface area (Å²) in [5, 5.41) is 7.44. The minimum atomic E-state index is -3.50. The standard InChI is InChI=1S/C24H27ClN4O4S/c1-17-7-9-19(10-8-17)34(31,32)29-15-13-28(14-16-29)12-11-26-24(30)22-18(2)33-27-23(22)20-5-3-4-6-21(20)25/h3-10H,11-16H2,1-2H3,(H,26,30). The van der Waals surface area contributed by atoms with Crippen molar-refractivity contribution in [1.29, 1.82) is 0 Å². The Morgan fingerprint density at radius 1 is 1.06 bits per heavy atom. The largest absolute Gasteiger partial charge is 0.360 e. The van der Waals surface area contributed by atoms with Crippen LogP contribution in [0.3, 0.4) is 0 Å². The van der Waals surface area contributed by atoms with Gasteiger partial charge in [0.1, 0.15) is 17.0 Å². The molecule has 1 aliphatic rings. The van der Waals surface area contributed by atoms with Crippen molar-refractivity contribution in [3.63, 3.8) is 0 Å². The van der Waals surface area contributed by atoms with Gasteiger partial charge in [0.05, 0.1) is 9.92 Å². The van der Waals surface area contributed by atoms with Crippen molar-refractivity contribution in [1.82, 2.24) is 19.7 Å². The van der Waals surface area contributed by atoms with E-state index in [0.717, 1.165) is 5.56 Å². The molecular weight excluding hydrogens is 476 g/mol. The lowest BCUT2D eigenvalue weighted by Gasteiger charge is -2.34. The first-order valence-electron chi connectivity index (χ1n) is 11.1. The summed E-state index contributed by atoms with van der Waals surface area (Å²) in [6.45, 7) is 6.64. The summed E-state index contributed by atoms with van der Waals surface area (Å²) in [5.74, 6) is 0.136. The van der Waals surface area contributed by atoms with Gasteiger partial charge in [-0.1, -0.05) is 52.7 Å². The van der Waals surface area contributed by atoms with Crippen LogP contribution in [0.4, 0.5) is 0 Å². The van der Waals surface area contributed by atoms with E-state index in [1.807, 2.05) is 19.1 Å². The van der Waals surface area contributed by atoms with Crippen molar-refractivity contribution in [3.05, 3.63) is 70.4 Å². The van der Waals surface area contributed by atoms with E-state index in [1.165, 1.54) is 4.31 Å². The molecule has 1 N–H and O–H groups in total. The Labute approximate surface area is 204 Å². The van der Waals surface area contributed by atoms with Crippen LogP contribution in [-0.4, -0.2) is 68.0 Å². The quantitative estimate of drug-likeness (QED) is 0.532. The van der Waals surface area contributed by atoms with Crippen molar-refractivity contribution in [2.45, 2.75) is 18.7 Å². The van der Waals surface area contributed by atoms with E-state index in [-0.39, 0.29) is 5.91 Å². The molecule has 180 valence electrons. The van der Waals surface area contributed by atoms with Crippen LogP contribution < -0.4 is 5.32 Å². The summed E-state index contributed by atoms with van der Waals surface area (Å²) in [4.78, 5) is 15.3. The van der Waals surface area contributed by atoms with Crippen LogP contribution in [-0.2, 0) is 10.0 Å². The van der Waals surface area contributed by atoms with E-state index in [1.54, 1.807) is 43.3 Å². The maximum atomic E-state index is 12.9. The number of aryl methyl sites for hydroxylation is 2. The molecule has 3 aromatic rings. The number of aromatic nitrogens is 1. The molecule has 1 saturated heterocycles. The second-order valence-electron chi connectivity index (χ2n) is 8.26. The second kappa shape index (κ2) is 10.3. The number of carbonyl (C=O) groups is 1. The maximum absolute atomic E-state index is 12.9. The number of piperazine rings is 1. The molecule has 0 atom stereocenters. The molecular formula is C24H27ClN4O4S. The number of sulfonamides is 1. The molecule has 0 saturated carbocycles. The zero-order chi connectivity index (χ0) is 24.3. The molecule has 0 radical (unpaired) electrons. The molecule has 8 nitrogen and oxygen atoms in total. The summed E-state index contributed by atoms with van der Waals surface area (Å²) >= 11 is 6.27. The molecule has 1 fully saturated rings. The normalized spacial score (nSPS) is 15.4. The average Bonchev–Trinajstić information content (AvgIpc) is 3.21. The number of nitrogens with zero attached hydrogens (tertiary/aromatic N) is 3. The lowest BCUT2D eigenvalue weighted by molar-refractivity contribution is 0.0944. The van der Waals surface area contributed by atoms with Crippen LogP contribution in [0.25, 0.3) is 11.3 Å². The van der Waals surface area contributed by atoms with Gasteiger partial charge < -0.3 is 9.84 Å². The average molecular weight is 503 g/mol. The van der Waals surface area contributed by atoms with Gasteiger partial charge in [-0.3, -0.25) is 9.69 Å². The number of rotatable bonds is 7. The summed E-state index contributed by atoms with van der Waals surface area (Å²) in [7, 11) is -3.50. The van der Waals surface area contributed by atoms with Crippen LogP contribution in [0.15, 0.2) is 57.9 Å². The summed E-state index contributed by atoms with van der Waals surface area (Å²) in [6.07, 6.45) is 0. The predicted octanol–water partition coefficient (Wildman–Crippen LogP) is 3.35. The Morgan fingerprint density at radius 2 is 1.74 bits per heavy atom. The summed E-state index contributed by atoms with van der Waals surface area (Å²) in [6, 6.07) is 14.1. The van der Waals surface area contributed by atoms with Crippen LogP contribution in [0.2, 0.25) is 5.02 Å². The molecule has 1 aliphatic heterocycles. The first-order chi connectivity index (χ1) is 16.3. The highest BCUT2D eigenvalue weighted by Crippen LogP contribution is 2.30. The minimum Gasteiger partial charge on any atom is -0.360 e. The number of benzene rings is 2. The number of hydrogen-bond acceptors (Lipinski definition) is 6. The van der Waals surface area contributed by atoms with Gasteiger partial charge >= 0.3 is 0 Å². The fraction of sp³-hybridized carbons (Fsp3) is 0.333. The van der Waals surface area contributed by atoms with Gasteiger partial charge in [0.25, 0.3) is 5.91 Å². The lowest BCUT2D eigenvalue weighted by atomic mass is 10.1. The fourth-order valence-corrected chi connectivity index (χ4v) is 5.59. The Hall–Kier alpha value is -2.72. The Bertz CT molecular complexity index is 1270. The van der Waals surface area contributed by atoms with Crippen LogP contribution in [0.5, 0.6) is 0 Å². The third-order valence-corrected chi connectivity index (χ3v) is 8.16. The highest BCUT2D eigenvalue weighted by atomic mass is 35.5. The zero-order valence-corrected chi connectivity index (χ0v) is 20.7. The van der Waals surface area contributed by atoms with E-state index in [0.29, 0.717) is 71.8 Å². The Morgan fingerprint density at radius 3 is 2.41 bits per heavy atom. The Kier molecular flexibility index (Phi) is 7.37. The van der Waals surface area contributed by atoms with E-state index in [4.69, 9.17) is 16.1 Å². The van der Waals surface area contributed by atoms with Crippen molar-refractivity contribution in [3.8, 4) is 11.3 Å². The van der Waals surface area contributed by atoms with E-state index in [9.17, 15) is 13.2 Å². The van der Waals surface area contributed by atoms with Gasteiger partial charge in [-0.15, -0.1) is 0 Å². The fourth-order valence-electron chi connectivity index (χ4n) is 3.95. The van der Waals surface area contributed by atoms with E-state index in [2.05, 4.69) is 15.4 Å². The molecule has 1 amide bonds. The van der Waals surface area contributed by atoms with Crippen LogP contribution >= 0.6 is 11.6 Å². The molecule has 34 heavy (non-hydrogen) atoms. The third-order valence-electron chi connectivity index (χ3n) is 5.92. The maximum Gasteiger partial charge on any atom is 0.257 e. The second-order valence-corrected chi connectivity index (χ2v) is 10.6. The molecule has 0 spiro atoms. The first kappa shape index (κ1) is 24.4. The number of carbonyl (C=O) groups excluding carboxylic acids is 1. The summed E-state index contributed by atoms with van der Waals surface area (Å²) < 4.78 is 32.5. The molecule has 0 bridgehead atoms. The predicted molar refractivity (Wildman–Crippen MR) is 130 cm³/mol. The van der Waals surface area contributed by atoms with E-state index < -0.39 is 10.0 Å². The van der Waals surface area contributed by atoms with Gasteiger partial charge in [0.15, 0.2) is 0 Å². The van der Waals surface area contributed by atoms with Gasteiger partial charge in [0, 0.05) is 44.8 Å². The molecule has 0 unspecified atom stereocenters. The van der Waals surface area contributed by atoms with Gasteiger partial charge in [-0.05, 0) is 32.0 Å². The molecule has 2 heterocycles. The molecule has 10 heteroatoms. The smallest absolute Gasteiger partial charge is 0.257 e. The Balaban J connectivity index is 1.31. The van der Waals surface area contributed by atoms with E-state index >= 15 is 0 Å². The van der Waals surface area contributed by atoms with Crippen molar-refractivity contribution < 1.29 is 17.7 Å². The summed E-state index contributed by atoms with van der Waals surface area (Å²) in [5.41, 5.74) is 2.43. The highest BCUT2D eigenvalue weighted by molar-refractivity contribution is 7.89. The SMILES string of the molecule is Cc1ccc(S(=O)(=O)N2CCN(CCNC(=O)c3c(-c4ccccc4Cl)noc3C)CC2)cc1. The third kappa shape index (κ3) is 5.17. The van der Waals surface area contributed by atoms with Crippen molar-refractivity contribution in [2.75, 3.05) is 39.3 Å². The van der Waals surface area contributed by atoms with Crippen LogP contribution in [0, 0.1) is 13.8 Å². The van der Waals surface area contributed by atoms with Gasteiger partial charge in [-0.2, -0.15) is 4.31 Å². The van der Waals surface area contributed by atoms with Crippen LogP contribution in [0.1, 0.15) is 21.7 Å². The highest BCUT2D eigenvalue weighted by Gasteiger charge is 2.28. The van der Waals surface area contributed by atoms with Crippen molar-refractivity contribution >= 4 is 27.5 Å². The van der Waals surface area contributed by atoms with Crippen molar-refractivity contribution in [2.24, 2.45) is 0 Å². The number of amides is 1. The monoisotopic (exact) mass is 502 g/mol. The first-order valence-corrected chi connectivity index (χ1v) is 12.9. The number of hydrogen-bond donors (Lipinski definition) is 1. The van der Waals surface area contributed by atoms with Gasteiger partial charge in [0.2, 0.25) is 10.0 Å². The molecule has 4 rings (SSSR count). The zero-order valence-electron chi connectivity index (χ0n) is 19.1. The van der Waals surface area contributed by atoms with Gasteiger partial charge in [-0.25, -0.2) is 8.42 Å². The lowest BCUT2D eigenvalue weighted by Crippen LogP contribution is -2.50. The minimum absolute atomic E-state index is 0.283. The topological polar surface area (TPSA) is 95.8 Å². The number of nitrogens with one attached hydrogen (secondary N) is 1. The molecule has 2 aromatic carbocycles. The molecule has 1 aromatic heterocycles. The molecule has 0 aliphatic carbocycles.